The van der Waals surface area contributed by atoms with Crippen LogP contribution in [0.2, 0.25) is 0 Å². The van der Waals surface area contributed by atoms with Crippen molar-refractivity contribution in [2.75, 3.05) is 13.1 Å². The second-order valence-electron chi connectivity index (χ2n) is 5.13. The first kappa shape index (κ1) is 12.2. The zero-order chi connectivity index (χ0) is 12.5. The fourth-order valence-electron chi connectivity index (χ4n) is 2.80. The smallest absolute Gasteiger partial charge is 0.132 e. The van der Waals surface area contributed by atoms with Crippen molar-refractivity contribution in [1.29, 1.82) is 0 Å². The van der Waals surface area contributed by atoms with Gasteiger partial charge in [0.2, 0.25) is 0 Å². The second-order valence-corrected chi connectivity index (χ2v) is 5.88. The molecule has 0 aromatic carbocycles. The molecule has 3 nitrogen and oxygen atoms in total. The summed E-state index contributed by atoms with van der Waals surface area (Å²) in [5, 5.41) is 3.42. The minimum absolute atomic E-state index is 0.768. The standard InChI is InChI=1S/C14H18BrN3/c1-10-3-2-8-18-12(17-14(15)13(10)18)9-11-4-6-16-7-5-11/h2-3,8,11,16H,4-7,9H2,1H3. The monoisotopic (exact) mass is 307 g/mol. The summed E-state index contributed by atoms with van der Waals surface area (Å²) >= 11 is 3.59. The van der Waals surface area contributed by atoms with Crippen LogP contribution in [0.3, 0.4) is 0 Å². The van der Waals surface area contributed by atoms with Crippen LogP contribution in [-0.2, 0) is 6.42 Å². The molecule has 96 valence electrons. The van der Waals surface area contributed by atoms with Gasteiger partial charge in [-0.1, -0.05) is 6.07 Å². The van der Waals surface area contributed by atoms with Gasteiger partial charge in [-0.3, -0.25) is 0 Å². The van der Waals surface area contributed by atoms with E-state index >= 15 is 0 Å². The van der Waals surface area contributed by atoms with E-state index in [9.17, 15) is 0 Å². The van der Waals surface area contributed by atoms with Gasteiger partial charge in [-0.05, 0) is 66.3 Å². The first-order valence-electron chi connectivity index (χ1n) is 6.58. The van der Waals surface area contributed by atoms with E-state index in [1.165, 1.54) is 29.7 Å². The zero-order valence-electron chi connectivity index (χ0n) is 10.6. The van der Waals surface area contributed by atoms with E-state index in [2.05, 4.69) is 50.9 Å². The van der Waals surface area contributed by atoms with E-state index in [0.717, 1.165) is 30.0 Å². The van der Waals surface area contributed by atoms with Crippen LogP contribution in [0, 0.1) is 12.8 Å². The molecule has 1 aliphatic heterocycles. The lowest BCUT2D eigenvalue weighted by atomic mass is 9.94. The molecule has 18 heavy (non-hydrogen) atoms. The van der Waals surface area contributed by atoms with Crippen LogP contribution >= 0.6 is 15.9 Å². The minimum Gasteiger partial charge on any atom is -0.317 e. The number of pyridine rings is 1. The predicted molar refractivity (Wildman–Crippen MR) is 76.9 cm³/mol. The van der Waals surface area contributed by atoms with Gasteiger partial charge in [0, 0.05) is 12.6 Å². The largest absolute Gasteiger partial charge is 0.317 e. The van der Waals surface area contributed by atoms with Crippen molar-refractivity contribution >= 4 is 21.4 Å². The minimum atomic E-state index is 0.768. The highest BCUT2D eigenvalue weighted by Crippen LogP contribution is 2.25. The highest BCUT2D eigenvalue weighted by Gasteiger charge is 2.18. The Kier molecular flexibility index (Phi) is 3.39. The van der Waals surface area contributed by atoms with Crippen molar-refractivity contribution in [3.63, 3.8) is 0 Å². The Hall–Kier alpha value is -0.870. The topological polar surface area (TPSA) is 29.3 Å². The average Bonchev–Trinajstić information content (AvgIpc) is 2.69. The zero-order valence-corrected chi connectivity index (χ0v) is 12.2. The van der Waals surface area contributed by atoms with Crippen LogP contribution in [0.4, 0.5) is 0 Å². The maximum atomic E-state index is 4.70. The van der Waals surface area contributed by atoms with E-state index in [0.29, 0.717) is 0 Å². The van der Waals surface area contributed by atoms with Gasteiger partial charge in [-0.25, -0.2) is 4.98 Å². The summed E-state index contributed by atoms with van der Waals surface area (Å²) in [5.41, 5.74) is 2.48. The van der Waals surface area contributed by atoms with Crippen LogP contribution in [0.25, 0.3) is 5.52 Å². The number of nitrogens with zero attached hydrogens (tertiary/aromatic N) is 2. The lowest BCUT2D eigenvalue weighted by molar-refractivity contribution is 0.367. The summed E-state index contributed by atoms with van der Waals surface area (Å²) in [6, 6.07) is 4.23. The quantitative estimate of drug-likeness (QED) is 0.924. The summed E-state index contributed by atoms with van der Waals surface area (Å²) in [6.45, 7) is 4.43. The normalized spacial score (nSPS) is 17.4. The molecule has 0 radical (unpaired) electrons. The molecule has 4 heteroatoms. The molecular formula is C14H18BrN3. The third-order valence-corrected chi connectivity index (χ3v) is 4.38. The number of aromatic nitrogens is 2. The Morgan fingerprint density at radius 3 is 3.00 bits per heavy atom. The molecule has 1 N–H and O–H groups in total. The number of halogens is 1. The number of imidazole rings is 1. The Morgan fingerprint density at radius 2 is 2.22 bits per heavy atom. The summed E-state index contributed by atoms with van der Waals surface area (Å²) in [6.07, 6.45) is 5.73. The molecule has 2 aromatic rings. The van der Waals surface area contributed by atoms with Crippen LogP contribution in [0.15, 0.2) is 22.9 Å². The van der Waals surface area contributed by atoms with Gasteiger partial charge >= 0.3 is 0 Å². The maximum Gasteiger partial charge on any atom is 0.132 e. The number of aryl methyl sites for hydroxylation is 1. The second kappa shape index (κ2) is 5.02. The molecule has 0 bridgehead atoms. The molecule has 0 unspecified atom stereocenters. The maximum absolute atomic E-state index is 4.70. The fourth-order valence-corrected chi connectivity index (χ4v) is 3.51. The van der Waals surface area contributed by atoms with Gasteiger partial charge in [0.1, 0.15) is 10.4 Å². The molecule has 0 saturated carbocycles. The number of nitrogens with one attached hydrogen (secondary N) is 1. The van der Waals surface area contributed by atoms with E-state index in [1.807, 2.05) is 0 Å². The van der Waals surface area contributed by atoms with E-state index in [-0.39, 0.29) is 0 Å². The predicted octanol–water partition coefficient (Wildman–Crippen LogP) is 2.95. The molecular weight excluding hydrogens is 290 g/mol. The highest BCUT2D eigenvalue weighted by atomic mass is 79.9. The van der Waals surface area contributed by atoms with Gasteiger partial charge in [-0.15, -0.1) is 0 Å². The molecule has 0 aliphatic carbocycles. The Morgan fingerprint density at radius 1 is 1.44 bits per heavy atom. The van der Waals surface area contributed by atoms with E-state index < -0.39 is 0 Å². The van der Waals surface area contributed by atoms with Crippen LogP contribution < -0.4 is 5.32 Å². The number of piperidine rings is 1. The third kappa shape index (κ3) is 2.19. The summed E-state index contributed by atoms with van der Waals surface area (Å²) in [5.74, 6) is 1.96. The van der Waals surface area contributed by atoms with Crippen LogP contribution in [-0.4, -0.2) is 22.5 Å². The van der Waals surface area contributed by atoms with Crippen molar-refractivity contribution in [2.24, 2.45) is 5.92 Å². The molecule has 2 aromatic heterocycles. The van der Waals surface area contributed by atoms with Gasteiger partial charge in [0.05, 0.1) is 5.52 Å². The molecule has 3 rings (SSSR count). The SMILES string of the molecule is Cc1cccn2c(CC3CCNCC3)nc(Br)c12. The third-order valence-electron chi connectivity index (χ3n) is 3.83. The van der Waals surface area contributed by atoms with E-state index in [1.54, 1.807) is 0 Å². The summed E-state index contributed by atoms with van der Waals surface area (Å²) in [7, 11) is 0. The van der Waals surface area contributed by atoms with Gasteiger partial charge < -0.3 is 9.72 Å². The Bertz CT molecular complexity index is 555. The Labute approximate surface area is 116 Å². The molecule has 1 saturated heterocycles. The lowest BCUT2D eigenvalue weighted by Gasteiger charge is -2.21. The van der Waals surface area contributed by atoms with Gasteiger partial charge in [0.25, 0.3) is 0 Å². The molecule has 0 amide bonds. The molecule has 0 spiro atoms. The number of fused-ring (bicyclic) bond motifs is 1. The van der Waals surface area contributed by atoms with Crippen LogP contribution in [0.5, 0.6) is 0 Å². The van der Waals surface area contributed by atoms with Crippen molar-refractivity contribution in [3.05, 3.63) is 34.3 Å². The molecule has 3 heterocycles. The van der Waals surface area contributed by atoms with Gasteiger partial charge in [0.15, 0.2) is 0 Å². The highest BCUT2D eigenvalue weighted by molar-refractivity contribution is 9.10. The average molecular weight is 308 g/mol. The van der Waals surface area contributed by atoms with Crippen LogP contribution in [0.1, 0.15) is 24.2 Å². The summed E-state index contributed by atoms with van der Waals surface area (Å²) in [4.78, 5) is 4.70. The van der Waals surface area contributed by atoms with E-state index in [4.69, 9.17) is 4.98 Å². The van der Waals surface area contributed by atoms with Crippen molar-refractivity contribution < 1.29 is 0 Å². The Balaban J connectivity index is 1.94. The fraction of sp³-hybridized carbons (Fsp3) is 0.500. The number of hydrogen-bond donors (Lipinski definition) is 1. The van der Waals surface area contributed by atoms with Crippen molar-refractivity contribution in [1.82, 2.24) is 14.7 Å². The van der Waals surface area contributed by atoms with Crippen molar-refractivity contribution in [3.8, 4) is 0 Å². The molecule has 1 fully saturated rings. The first-order valence-corrected chi connectivity index (χ1v) is 7.38. The van der Waals surface area contributed by atoms with Gasteiger partial charge in [-0.2, -0.15) is 0 Å². The van der Waals surface area contributed by atoms with Crippen molar-refractivity contribution in [2.45, 2.75) is 26.2 Å². The summed E-state index contributed by atoms with van der Waals surface area (Å²) < 4.78 is 3.21. The molecule has 1 aliphatic rings. The molecule has 0 atom stereocenters. The number of rotatable bonds is 2. The number of hydrogen-bond acceptors (Lipinski definition) is 2. The lowest BCUT2D eigenvalue weighted by Crippen LogP contribution is -2.29. The first-order chi connectivity index (χ1) is 8.75.